The molecule has 1 heterocycles. The van der Waals surface area contributed by atoms with Gasteiger partial charge in [0.05, 0.1) is 17.7 Å². The molecule has 0 saturated carbocycles. The fourth-order valence-corrected chi connectivity index (χ4v) is 2.56. The lowest BCUT2D eigenvalue weighted by molar-refractivity contribution is -0.125. The van der Waals surface area contributed by atoms with Crippen LogP contribution in [0.2, 0.25) is 0 Å². The SMILES string of the molecule is CCOc1cccc2c1C(=O)N(C(C)CCC(=O)NC=O)C2=O. The predicted octanol–water partition coefficient (Wildman–Crippen LogP) is 1.12. The summed E-state index contributed by atoms with van der Waals surface area (Å²) in [7, 11) is 0. The van der Waals surface area contributed by atoms with Crippen LogP contribution in [0.25, 0.3) is 0 Å². The van der Waals surface area contributed by atoms with Crippen LogP contribution in [-0.4, -0.2) is 41.7 Å². The third-order valence-electron chi connectivity index (χ3n) is 3.66. The summed E-state index contributed by atoms with van der Waals surface area (Å²) in [5.41, 5.74) is 0.577. The molecule has 0 spiro atoms. The van der Waals surface area contributed by atoms with Gasteiger partial charge in [0.15, 0.2) is 0 Å². The van der Waals surface area contributed by atoms with E-state index in [4.69, 9.17) is 4.74 Å². The number of ether oxygens (including phenoxy) is 1. The Balaban J connectivity index is 2.18. The van der Waals surface area contributed by atoms with E-state index in [-0.39, 0.29) is 18.4 Å². The molecule has 0 radical (unpaired) electrons. The molecule has 2 rings (SSSR count). The number of carbonyl (C=O) groups is 4. The van der Waals surface area contributed by atoms with Crippen LogP contribution >= 0.6 is 0 Å². The molecule has 122 valence electrons. The number of nitrogens with zero attached hydrogens (tertiary/aromatic N) is 1. The topological polar surface area (TPSA) is 92.8 Å². The summed E-state index contributed by atoms with van der Waals surface area (Å²) in [5, 5.41) is 2.03. The van der Waals surface area contributed by atoms with Gasteiger partial charge < -0.3 is 4.74 Å². The Morgan fingerprint density at radius 3 is 2.74 bits per heavy atom. The Labute approximate surface area is 133 Å². The first kappa shape index (κ1) is 16.7. The molecule has 1 aromatic carbocycles. The second-order valence-corrected chi connectivity index (χ2v) is 5.17. The lowest BCUT2D eigenvalue weighted by Crippen LogP contribution is -2.38. The minimum absolute atomic E-state index is 0.0473. The van der Waals surface area contributed by atoms with Crippen LogP contribution in [-0.2, 0) is 9.59 Å². The fraction of sp³-hybridized carbons (Fsp3) is 0.375. The highest BCUT2D eigenvalue weighted by atomic mass is 16.5. The second kappa shape index (κ2) is 7.04. The lowest BCUT2D eigenvalue weighted by Gasteiger charge is -2.22. The molecule has 0 aromatic heterocycles. The third kappa shape index (κ3) is 3.23. The summed E-state index contributed by atoms with van der Waals surface area (Å²) < 4.78 is 5.42. The number of rotatable bonds is 7. The van der Waals surface area contributed by atoms with E-state index < -0.39 is 23.8 Å². The van der Waals surface area contributed by atoms with Gasteiger partial charge in [-0.15, -0.1) is 0 Å². The third-order valence-corrected chi connectivity index (χ3v) is 3.66. The summed E-state index contributed by atoms with van der Waals surface area (Å²) in [5.74, 6) is -0.873. The van der Waals surface area contributed by atoms with Gasteiger partial charge >= 0.3 is 0 Å². The first-order chi connectivity index (χ1) is 11.0. The van der Waals surface area contributed by atoms with Crippen molar-refractivity contribution in [3.8, 4) is 5.75 Å². The zero-order valence-corrected chi connectivity index (χ0v) is 13.0. The van der Waals surface area contributed by atoms with Gasteiger partial charge in [-0.1, -0.05) is 6.07 Å². The van der Waals surface area contributed by atoms with Crippen molar-refractivity contribution in [3.05, 3.63) is 29.3 Å². The van der Waals surface area contributed by atoms with Crippen LogP contribution in [0.5, 0.6) is 5.75 Å². The summed E-state index contributed by atoms with van der Waals surface area (Å²) in [6.07, 6.45) is 0.629. The number of hydrogen-bond acceptors (Lipinski definition) is 5. The molecule has 1 unspecified atom stereocenters. The number of amides is 4. The van der Waals surface area contributed by atoms with E-state index in [9.17, 15) is 19.2 Å². The molecule has 7 heteroatoms. The van der Waals surface area contributed by atoms with E-state index in [0.717, 1.165) is 4.90 Å². The molecule has 23 heavy (non-hydrogen) atoms. The number of fused-ring (bicyclic) bond motifs is 1. The van der Waals surface area contributed by atoms with Crippen molar-refractivity contribution in [1.29, 1.82) is 0 Å². The molecule has 0 aliphatic carbocycles. The van der Waals surface area contributed by atoms with Crippen molar-refractivity contribution < 1.29 is 23.9 Å². The molecule has 0 fully saturated rings. The van der Waals surface area contributed by atoms with Crippen LogP contribution in [0.15, 0.2) is 18.2 Å². The Morgan fingerprint density at radius 1 is 1.35 bits per heavy atom. The molecule has 7 nitrogen and oxygen atoms in total. The van der Waals surface area contributed by atoms with E-state index in [1.807, 2.05) is 5.32 Å². The van der Waals surface area contributed by atoms with E-state index in [1.165, 1.54) is 0 Å². The smallest absolute Gasteiger partial charge is 0.265 e. The molecule has 1 aliphatic heterocycles. The zero-order valence-electron chi connectivity index (χ0n) is 13.0. The Bertz CT molecular complexity index is 656. The van der Waals surface area contributed by atoms with Crippen LogP contribution in [0.3, 0.4) is 0 Å². The summed E-state index contributed by atoms with van der Waals surface area (Å²) in [6.45, 7) is 3.88. The van der Waals surface area contributed by atoms with Crippen molar-refractivity contribution in [1.82, 2.24) is 10.2 Å². The van der Waals surface area contributed by atoms with Crippen molar-refractivity contribution >= 4 is 24.1 Å². The minimum Gasteiger partial charge on any atom is -0.493 e. The molecule has 0 bridgehead atoms. The maximum atomic E-state index is 12.6. The van der Waals surface area contributed by atoms with Crippen molar-refractivity contribution in [3.63, 3.8) is 0 Å². The summed E-state index contributed by atoms with van der Waals surface area (Å²) in [6, 6.07) is 4.44. The van der Waals surface area contributed by atoms with E-state index >= 15 is 0 Å². The maximum absolute atomic E-state index is 12.6. The molecule has 1 atom stereocenters. The number of benzene rings is 1. The Hall–Kier alpha value is -2.70. The van der Waals surface area contributed by atoms with Gasteiger partial charge in [0.1, 0.15) is 5.75 Å². The quantitative estimate of drug-likeness (QED) is 0.601. The van der Waals surface area contributed by atoms with Gasteiger partial charge in [0.25, 0.3) is 11.8 Å². The second-order valence-electron chi connectivity index (χ2n) is 5.17. The Kier molecular flexibility index (Phi) is 5.10. The standard InChI is InChI=1S/C16H18N2O5/c1-3-23-12-6-4-5-11-14(12)16(22)18(15(11)21)10(2)7-8-13(20)17-9-19/h4-6,9-10H,3,7-8H2,1-2H3,(H,17,19,20). The first-order valence-corrected chi connectivity index (χ1v) is 7.38. The fourth-order valence-electron chi connectivity index (χ4n) is 2.56. The van der Waals surface area contributed by atoms with Crippen molar-refractivity contribution in [2.24, 2.45) is 0 Å². The van der Waals surface area contributed by atoms with Gasteiger partial charge in [-0.2, -0.15) is 0 Å². The van der Waals surface area contributed by atoms with E-state index in [1.54, 1.807) is 32.0 Å². The van der Waals surface area contributed by atoms with Crippen LogP contribution in [0, 0.1) is 0 Å². The number of carbonyl (C=O) groups excluding carboxylic acids is 4. The van der Waals surface area contributed by atoms with Crippen molar-refractivity contribution in [2.45, 2.75) is 32.7 Å². The largest absolute Gasteiger partial charge is 0.493 e. The molecular formula is C16H18N2O5. The molecule has 4 amide bonds. The van der Waals surface area contributed by atoms with E-state index in [2.05, 4.69) is 0 Å². The minimum atomic E-state index is -0.464. The molecular weight excluding hydrogens is 300 g/mol. The van der Waals surface area contributed by atoms with Crippen LogP contribution < -0.4 is 10.1 Å². The van der Waals surface area contributed by atoms with Gasteiger partial charge in [0, 0.05) is 12.5 Å². The normalized spacial score (nSPS) is 14.4. The molecule has 0 saturated heterocycles. The average molecular weight is 318 g/mol. The highest BCUT2D eigenvalue weighted by molar-refractivity contribution is 6.22. The lowest BCUT2D eigenvalue weighted by atomic mass is 10.1. The van der Waals surface area contributed by atoms with Crippen LogP contribution in [0.1, 0.15) is 47.4 Å². The number of imide groups is 2. The Morgan fingerprint density at radius 2 is 2.09 bits per heavy atom. The molecule has 1 N–H and O–H groups in total. The van der Waals surface area contributed by atoms with Gasteiger partial charge in [0.2, 0.25) is 12.3 Å². The van der Waals surface area contributed by atoms with Gasteiger partial charge in [-0.3, -0.25) is 29.4 Å². The monoisotopic (exact) mass is 318 g/mol. The first-order valence-electron chi connectivity index (χ1n) is 7.38. The molecule has 1 aliphatic rings. The maximum Gasteiger partial charge on any atom is 0.265 e. The molecule has 1 aromatic rings. The highest BCUT2D eigenvalue weighted by Crippen LogP contribution is 2.32. The zero-order chi connectivity index (χ0) is 17.0. The number of hydrogen-bond donors (Lipinski definition) is 1. The number of nitrogens with one attached hydrogen (secondary N) is 1. The average Bonchev–Trinajstić information content (AvgIpc) is 2.78. The van der Waals surface area contributed by atoms with Gasteiger partial charge in [-0.25, -0.2) is 0 Å². The predicted molar refractivity (Wildman–Crippen MR) is 81.0 cm³/mol. The highest BCUT2D eigenvalue weighted by Gasteiger charge is 2.40. The summed E-state index contributed by atoms with van der Waals surface area (Å²) >= 11 is 0. The van der Waals surface area contributed by atoms with E-state index in [0.29, 0.717) is 24.3 Å². The summed E-state index contributed by atoms with van der Waals surface area (Å²) in [4.78, 5) is 47.7. The van der Waals surface area contributed by atoms with Crippen LogP contribution in [0.4, 0.5) is 0 Å². The van der Waals surface area contributed by atoms with Crippen molar-refractivity contribution in [2.75, 3.05) is 6.61 Å². The van der Waals surface area contributed by atoms with Gasteiger partial charge in [-0.05, 0) is 32.4 Å².